The molecule has 2 aromatic carbocycles. The van der Waals surface area contributed by atoms with Crippen LogP contribution in [-0.2, 0) is 9.84 Å². The predicted molar refractivity (Wildman–Crippen MR) is 101 cm³/mol. The third kappa shape index (κ3) is 3.15. The summed E-state index contributed by atoms with van der Waals surface area (Å²) < 4.78 is 25.7. The van der Waals surface area contributed by atoms with E-state index in [1.807, 2.05) is 41.8 Å². The van der Waals surface area contributed by atoms with Crippen molar-refractivity contribution in [2.24, 2.45) is 0 Å². The number of nitrogens with zero attached hydrogens (tertiary/aromatic N) is 1. The minimum atomic E-state index is -3.32. The van der Waals surface area contributed by atoms with E-state index in [4.69, 9.17) is 0 Å². The first-order valence-corrected chi connectivity index (χ1v) is 9.91. The number of carbonyl (C=O) groups is 1. The largest absolute Gasteiger partial charge is 0.478 e. The van der Waals surface area contributed by atoms with Crippen LogP contribution in [0.4, 0.5) is 0 Å². The van der Waals surface area contributed by atoms with Crippen LogP contribution in [0.5, 0.6) is 0 Å². The monoisotopic (exact) mass is 369 g/mol. The number of carboxylic acids is 1. The molecule has 0 fully saturated rings. The van der Waals surface area contributed by atoms with E-state index in [2.05, 4.69) is 0 Å². The van der Waals surface area contributed by atoms with Crippen molar-refractivity contribution in [3.05, 3.63) is 71.5 Å². The summed E-state index contributed by atoms with van der Waals surface area (Å²) in [5, 5.41) is 9.38. The molecule has 0 amide bonds. The molecule has 134 valence electrons. The Kier molecular flexibility index (Phi) is 4.46. The van der Waals surface area contributed by atoms with Crippen molar-refractivity contribution in [2.75, 3.05) is 6.26 Å². The van der Waals surface area contributed by atoms with E-state index in [-0.39, 0.29) is 10.5 Å². The molecule has 26 heavy (non-hydrogen) atoms. The molecule has 0 unspecified atom stereocenters. The molecule has 0 radical (unpaired) electrons. The number of para-hydroxylation sites is 1. The van der Waals surface area contributed by atoms with Gasteiger partial charge in [-0.3, -0.25) is 0 Å². The lowest BCUT2D eigenvalue weighted by Crippen LogP contribution is -2.04. The minimum Gasteiger partial charge on any atom is -0.478 e. The van der Waals surface area contributed by atoms with Crippen molar-refractivity contribution in [2.45, 2.75) is 18.7 Å². The van der Waals surface area contributed by atoms with E-state index in [9.17, 15) is 18.3 Å². The first-order chi connectivity index (χ1) is 12.2. The number of hydrogen-bond donors (Lipinski definition) is 1. The van der Waals surface area contributed by atoms with Gasteiger partial charge in [-0.05, 0) is 43.7 Å². The number of hydrogen-bond acceptors (Lipinski definition) is 3. The fraction of sp³-hybridized carbons (Fsp3) is 0.150. The first kappa shape index (κ1) is 17.9. The third-order valence-electron chi connectivity index (χ3n) is 4.38. The van der Waals surface area contributed by atoms with Crippen molar-refractivity contribution < 1.29 is 18.3 Å². The average molecular weight is 369 g/mol. The number of aromatic nitrogens is 1. The second-order valence-electron chi connectivity index (χ2n) is 6.24. The summed E-state index contributed by atoms with van der Waals surface area (Å²) in [5.74, 6) is -0.971. The van der Waals surface area contributed by atoms with Crippen LogP contribution in [0.1, 0.15) is 21.7 Å². The van der Waals surface area contributed by atoms with Gasteiger partial charge in [0.15, 0.2) is 9.84 Å². The van der Waals surface area contributed by atoms with Gasteiger partial charge in [-0.15, -0.1) is 0 Å². The Hall–Kier alpha value is -2.86. The smallest absolute Gasteiger partial charge is 0.337 e. The number of aryl methyl sites for hydroxylation is 1. The van der Waals surface area contributed by atoms with Crippen LogP contribution < -0.4 is 0 Å². The van der Waals surface area contributed by atoms with E-state index in [0.29, 0.717) is 5.69 Å². The quantitative estimate of drug-likeness (QED) is 0.757. The maximum Gasteiger partial charge on any atom is 0.337 e. The molecule has 1 aromatic heterocycles. The molecule has 1 N–H and O–H groups in total. The molecule has 0 spiro atoms. The molecule has 0 aliphatic carbocycles. The second-order valence-corrected chi connectivity index (χ2v) is 8.26. The highest BCUT2D eigenvalue weighted by molar-refractivity contribution is 7.90. The maximum absolute atomic E-state index is 11.9. The zero-order chi connectivity index (χ0) is 19.1. The summed E-state index contributed by atoms with van der Waals surface area (Å²) in [6.07, 6.45) is 1.18. The highest BCUT2D eigenvalue weighted by Gasteiger charge is 2.18. The second kappa shape index (κ2) is 6.46. The molecule has 6 heteroatoms. The summed E-state index contributed by atoms with van der Waals surface area (Å²) in [6.45, 7) is 3.61. The highest BCUT2D eigenvalue weighted by atomic mass is 32.2. The normalized spacial score (nSPS) is 11.5. The topological polar surface area (TPSA) is 76.4 Å². The molecule has 0 atom stereocenters. The van der Waals surface area contributed by atoms with Gasteiger partial charge in [-0.1, -0.05) is 30.3 Å². The zero-order valence-electron chi connectivity index (χ0n) is 14.7. The SMILES string of the molecule is Cc1cc(C(=O)O)c(C)n1-c1ccccc1-c1cccc(S(C)(=O)=O)c1. The number of sulfone groups is 1. The van der Waals surface area contributed by atoms with Crippen molar-refractivity contribution >= 4 is 15.8 Å². The lowest BCUT2D eigenvalue weighted by molar-refractivity contribution is 0.0696. The molecule has 3 aromatic rings. The number of benzene rings is 2. The van der Waals surface area contributed by atoms with Gasteiger partial charge < -0.3 is 9.67 Å². The van der Waals surface area contributed by atoms with E-state index in [0.717, 1.165) is 22.5 Å². The van der Waals surface area contributed by atoms with Gasteiger partial charge in [-0.2, -0.15) is 0 Å². The lowest BCUT2D eigenvalue weighted by atomic mass is 10.0. The average Bonchev–Trinajstić information content (AvgIpc) is 2.89. The molecular formula is C20H19NO4S. The van der Waals surface area contributed by atoms with Crippen LogP contribution in [-0.4, -0.2) is 30.3 Å². The number of rotatable bonds is 4. The minimum absolute atomic E-state index is 0.247. The van der Waals surface area contributed by atoms with Crippen LogP contribution in [0.25, 0.3) is 16.8 Å². The van der Waals surface area contributed by atoms with Gasteiger partial charge in [0.2, 0.25) is 0 Å². The molecule has 0 saturated carbocycles. The van der Waals surface area contributed by atoms with Crippen LogP contribution in [0.15, 0.2) is 59.5 Å². The van der Waals surface area contributed by atoms with E-state index < -0.39 is 15.8 Å². The lowest BCUT2D eigenvalue weighted by Gasteiger charge is -2.15. The molecule has 0 saturated heterocycles. The highest BCUT2D eigenvalue weighted by Crippen LogP contribution is 2.31. The Bertz CT molecular complexity index is 1110. The van der Waals surface area contributed by atoms with E-state index in [1.54, 1.807) is 31.2 Å². The summed E-state index contributed by atoms with van der Waals surface area (Å²) in [4.78, 5) is 11.7. The number of aromatic carboxylic acids is 1. The Morgan fingerprint density at radius 3 is 2.31 bits per heavy atom. The van der Waals surface area contributed by atoms with Crippen LogP contribution in [0.2, 0.25) is 0 Å². The summed E-state index contributed by atoms with van der Waals surface area (Å²) in [7, 11) is -3.32. The molecule has 0 bridgehead atoms. The standard InChI is InChI=1S/C20H19NO4S/c1-13-11-18(20(22)23)14(2)21(13)19-10-5-4-9-17(19)15-7-6-8-16(12-15)26(3,24)25/h4-12H,1-3H3,(H,22,23). The molecule has 0 aliphatic heterocycles. The van der Waals surface area contributed by atoms with Gasteiger partial charge >= 0.3 is 5.97 Å². The van der Waals surface area contributed by atoms with Crippen LogP contribution >= 0.6 is 0 Å². The number of carboxylic acid groups (broad SMARTS) is 1. The Labute approximate surface area is 152 Å². The van der Waals surface area contributed by atoms with E-state index >= 15 is 0 Å². The van der Waals surface area contributed by atoms with Gasteiger partial charge in [-0.25, -0.2) is 13.2 Å². The third-order valence-corrected chi connectivity index (χ3v) is 5.49. The van der Waals surface area contributed by atoms with Gasteiger partial charge in [0.05, 0.1) is 16.1 Å². The molecule has 3 rings (SSSR count). The summed E-state index contributed by atoms with van der Waals surface area (Å²) >= 11 is 0. The first-order valence-electron chi connectivity index (χ1n) is 8.02. The molecule has 1 heterocycles. The van der Waals surface area contributed by atoms with Gasteiger partial charge in [0.25, 0.3) is 0 Å². The molecule has 0 aliphatic rings. The van der Waals surface area contributed by atoms with Crippen molar-refractivity contribution in [1.29, 1.82) is 0 Å². The fourth-order valence-corrected chi connectivity index (χ4v) is 3.82. The van der Waals surface area contributed by atoms with Crippen LogP contribution in [0, 0.1) is 13.8 Å². The van der Waals surface area contributed by atoms with Crippen LogP contribution in [0.3, 0.4) is 0 Å². The van der Waals surface area contributed by atoms with E-state index in [1.165, 1.54) is 6.26 Å². The Morgan fingerprint density at radius 2 is 1.69 bits per heavy atom. The predicted octanol–water partition coefficient (Wildman–Crippen LogP) is 3.86. The Morgan fingerprint density at radius 1 is 1.00 bits per heavy atom. The molecule has 5 nitrogen and oxygen atoms in total. The zero-order valence-corrected chi connectivity index (χ0v) is 15.5. The fourth-order valence-electron chi connectivity index (χ4n) is 3.16. The molecular weight excluding hydrogens is 350 g/mol. The Balaban J connectivity index is 2.25. The van der Waals surface area contributed by atoms with Gasteiger partial charge in [0, 0.05) is 23.2 Å². The summed E-state index contributed by atoms with van der Waals surface area (Å²) in [5.41, 5.74) is 4.07. The summed E-state index contributed by atoms with van der Waals surface area (Å²) in [6, 6.07) is 15.9. The van der Waals surface area contributed by atoms with Crippen molar-refractivity contribution in [3.63, 3.8) is 0 Å². The maximum atomic E-state index is 11.9. The van der Waals surface area contributed by atoms with Gasteiger partial charge in [0.1, 0.15) is 0 Å². The van der Waals surface area contributed by atoms with Crippen molar-refractivity contribution in [3.8, 4) is 16.8 Å². The van der Waals surface area contributed by atoms with Crippen molar-refractivity contribution in [1.82, 2.24) is 4.57 Å².